The summed E-state index contributed by atoms with van der Waals surface area (Å²) in [5, 5.41) is 9.57. The summed E-state index contributed by atoms with van der Waals surface area (Å²) in [6.07, 6.45) is 0. The van der Waals surface area contributed by atoms with Gasteiger partial charge in [-0.3, -0.25) is 0 Å². The van der Waals surface area contributed by atoms with Crippen molar-refractivity contribution in [3.63, 3.8) is 0 Å². The third-order valence-corrected chi connectivity index (χ3v) is 1.96. The Morgan fingerprint density at radius 3 is 2.08 bits per heavy atom. The Balaban J connectivity index is 0.00000144. The summed E-state index contributed by atoms with van der Waals surface area (Å²) in [6.45, 7) is 8.33. The molecule has 1 N–H and O–H groups in total. The summed E-state index contributed by atoms with van der Waals surface area (Å²) in [7, 11) is 0. The van der Waals surface area contributed by atoms with E-state index < -0.39 is 0 Å². The molecule has 1 aromatic carbocycles. The molecule has 1 nitrogen and oxygen atoms in total. The summed E-state index contributed by atoms with van der Waals surface area (Å²) in [5.41, 5.74) is 2.23. The second-order valence-corrected chi connectivity index (χ2v) is 4.27. The van der Waals surface area contributed by atoms with Crippen LogP contribution < -0.4 is 0 Å². The molecule has 0 aromatic heterocycles. The van der Waals surface area contributed by atoms with Crippen molar-refractivity contribution >= 4 is 37.7 Å². The van der Waals surface area contributed by atoms with Gasteiger partial charge in [0.1, 0.15) is 5.75 Å². The van der Waals surface area contributed by atoms with Crippen LogP contribution in [-0.4, -0.2) is 42.8 Å². The van der Waals surface area contributed by atoms with Crippen LogP contribution in [-0.2, 0) is 5.41 Å². The zero-order valence-electron chi connectivity index (χ0n) is 8.18. The van der Waals surface area contributed by atoms with Gasteiger partial charge in [0.05, 0.1) is 0 Å². The summed E-state index contributed by atoms with van der Waals surface area (Å²) in [5.74, 6) is 0.396. The molecule has 0 amide bonds. The van der Waals surface area contributed by atoms with Crippen LogP contribution in [0.4, 0.5) is 0 Å². The molecular formula is C11H18CaO. The molecule has 70 valence electrons. The fourth-order valence-corrected chi connectivity index (χ4v) is 1.25. The number of phenols is 1. The molecule has 0 aliphatic heterocycles. The molecule has 0 atom stereocenters. The van der Waals surface area contributed by atoms with Crippen molar-refractivity contribution < 1.29 is 5.11 Å². The fraction of sp³-hybridized carbons (Fsp3) is 0.455. The van der Waals surface area contributed by atoms with Crippen LogP contribution in [0.5, 0.6) is 5.75 Å². The van der Waals surface area contributed by atoms with E-state index in [9.17, 15) is 5.11 Å². The molecular weight excluding hydrogens is 188 g/mol. The van der Waals surface area contributed by atoms with Gasteiger partial charge < -0.3 is 5.11 Å². The Hall–Kier alpha value is 0.280. The predicted octanol–water partition coefficient (Wildman–Crippen LogP) is 2.08. The first-order chi connectivity index (χ1) is 5.41. The quantitative estimate of drug-likeness (QED) is 0.644. The molecule has 0 aliphatic carbocycles. The van der Waals surface area contributed by atoms with Gasteiger partial charge in [0.2, 0.25) is 0 Å². The van der Waals surface area contributed by atoms with Crippen molar-refractivity contribution in [2.45, 2.75) is 33.1 Å². The van der Waals surface area contributed by atoms with Gasteiger partial charge in [0, 0.05) is 0 Å². The van der Waals surface area contributed by atoms with Crippen molar-refractivity contribution in [1.82, 2.24) is 0 Å². The summed E-state index contributed by atoms with van der Waals surface area (Å²) < 4.78 is 0. The number of hydrogen-bond acceptors (Lipinski definition) is 1. The first-order valence-electron chi connectivity index (χ1n) is 4.21. The Morgan fingerprint density at radius 1 is 1.15 bits per heavy atom. The number of rotatable bonds is 0. The molecule has 0 saturated carbocycles. The second-order valence-electron chi connectivity index (χ2n) is 4.27. The predicted molar refractivity (Wildman–Crippen MR) is 60.1 cm³/mol. The van der Waals surface area contributed by atoms with E-state index in [1.807, 2.05) is 19.1 Å². The number of phenolic OH excluding ortho intramolecular Hbond substituents is 1. The molecule has 1 aromatic rings. The maximum atomic E-state index is 9.57. The van der Waals surface area contributed by atoms with Gasteiger partial charge in [-0.2, -0.15) is 0 Å². The van der Waals surface area contributed by atoms with Crippen LogP contribution in [0.2, 0.25) is 0 Å². The van der Waals surface area contributed by atoms with Gasteiger partial charge in [-0.25, -0.2) is 0 Å². The Kier molecular flexibility index (Phi) is 4.78. The molecule has 0 aliphatic rings. The average molecular weight is 206 g/mol. The van der Waals surface area contributed by atoms with Crippen LogP contribution in [0.3, 0.4) is 0 Å². The van der Waals surface area contributed by atoms with E-state index in [1.54, 1.807) is 6.07 Å². The third kappa shape index (κ3) is 3.49. The average Bonchev–Trinajstić information content (AvgIpc) is 1.92. The van der Waals surface area contributed by atoms with Gasteiger partial charge in [-0.05, 0) is 24.0 Å². The molecule has 0 unspecified atom stereocenters. The van der Waals surface area contributed by atoms with Crippen LogP contribution in [0, 0.1) is 6.92 Å². The molecule has 1 rings (SSSR count). The van der Waals surface area contributed by atoms with Crippen molar-refractivity contribution in [1.29, 1.82) is 0 Å². The van der Waals surface area contributed by atoms with Crippen molar-refractivity contribution in [2.75, 3.05) is 0 Å². The van der Waals surface area contributed by atoms with Crippen molar-refractivity contribution in [3.8, 4) is 5.75 Å². The van der Waals surface area contributed by atoms with E-state index in [1.165, 1.54) is 5.56 Å². The van der Waals surface area contributed by atoms with Crippen LogP contribution in [0.25, 0.3) is 0 Å². The SMILES string of the molecule is Cc1ccc(O)c(C(C)(C)C)c1.[CaH2]. The Morgan fingerprint density at radius 2 is 1.69 bits per heavy atom. The molecule has 13 heavy (non-hydrogen) atoms. The number of aromatic hydroxyl groups is 1. The van der Waals surface area contributed by atoms with Crippen LogP contribution in [0.15, 0.2) is 18.2 Å². The minimum atomic E-state index is 0. The molecule has 0 bridgehead atoms. The molecule has 0 fully saturated rings. The second kappa shape index (κ2) is 4.68. The number of hydrogen-bond donors (Lipinski definition) is 1. The number of aryl methyl sites for hydroxylation is 1. The molecule has 2 heteroatoms. The van der Waals surface area contributed by atoms with E-state index in [4.69, 9.17) is 0 Å². The Bertz CT molecular complexity index is 287. The van der Waals surface area contributed by atoms with Crippen molar-refractivity contribution in [2.24, 2.45) is 0 Å². The standard InChI is InChI=1S/C11H16O.Ca.2H/c1-8-5-6-10(12)9(7-8)11(2,3)4;;;/h5-7,12H,1-4H3;;;. The van der Waals surface area contributed by atoms with Gasteiger partial charge >= 0.3 is 37.7 Å². The monoisotopic (exact) mass is 206 g/mol. The summed E-state index contributed by atoms with van der Waals surface area (Å²) in [4.78, 5) is 0. The van der Waals surface area contributed by atoms with E-state index in [0.29, 0.717) is 5.75 Å². The number of benzene rings is 1. The molecule has 0 radical (unpaired) electrons. The molecule has 0 spiro atoms. The first-order valence-corrected chi connectivity index (χ1v) is 4.21. The maximum absolute atomic E-state index is 9.57. The molecule has 0 saturated heterocycles. The summed E-state index contributed by atoms with van der Waals surface area (Å²) >= 11 is 0. The van der Waals surface area contributed by atoms with E-state index in [2.05, 4.69) is 20.8 Å². The topological polar surface area (TPSA) is 20.2 Å². The van der Waals surface area contributed by atoms with Crippen LogP contribution in [0.1, 0.15) is 31.9 Å². The first kappa shape index (κ1) is 13.3. The van der Waals surface area contributed by atoms with E-state index in [0.717, 1.165) is 5.56 Å². The van der Waals surface area contributed by atoms with Crippen LogP contribution >= 0.6 is 0 Å². The third-order valence-electron chi connectivity index (χ3n) is 1.96. The fourth-order valence-electron chi connectivity index (χ4n) is 1.25. The molecule has 0 heterocycles. The van der Waals surface area contributed by atoms with Gasteiger partial charge in [0.25, 0.3) is 0 Å². The van der Waals surface area contributed by atoms with Crippen molar-refractivity contribution in [3.05, 3.63) is 29.3 Å². The summed E-state index contributed by atoms with van der Waals surface area (Å²) in [6, 6.07) is 5.72. The van der Waals surface area contributed by atoms with Gasteiger partial charge in [-0.1, -0.05) is 38.5 Å². The van der Waals surface area contributed by atoms with Gasteiger partial charge in [-0.15, -0.1) is 0 Å². The minimum absolute atomic E-state index is 0. The van der Waals surface area contributed by atoms with E-state index in [-0.39, 0.29) is 43.2 Å². The normalized spacial score (nSPS) is 10.8. The van der Waals surface area contributed by atoms with E-state index >= 15 is 0 Å². The van der Waals surface area contributed by atoms with Gasteiger partial charge in [0.15, 0.2) is 0 Å². The Labute approximate surface area is 110 Å². The zero-order chi connectivity index (χ0) is 9.35. The zero-order valence-corrected chi connectivity index (χ0v) is 8.18.